The zero-order valence-corrected chi connectivity index (χ0v) is 16.4. The van der Waals surface area contributed by atoms with Crippen LogP contribution in [-0.4, -0.2) is 59.8 Å². The summed E-state index contributed by atoms with van der Waals surface area (Å²) in [7, 11) is 1.24. The van der Waals surface area contributed by atoms with Crippen LogP contribution in [0.2, 0.25) is 0 Å². The number of likely N-dealkylation sites (tertiary alicyclic amines) is 1. The summed E-state index contributed by atoms with van der Waals surface area (Å²) in [4.78, 5) is 26.1. The molecule has 0 aliphatic carbocycles. The van der Waals surface area contributed by atoms with Gasteiger partial charge in [-0.3, -0.25) is 4.79 Å². The molecule has 0 aromatic heterocycles. The molecule has 3 rings (SSSR count). The number of rotatable bonds is 6. The first-order valence-electron chi connectivity index (χ1n) is 9.65. The number of aliphatic hydroxyl groups is 1. The zero-order chi connectivity index (χ0) is 20.8. The molecule has 2 aromatic carbocycles. The average molecular weight is 398 g/mol. The fraction of sp³-hybridized carbons (Fsp3) is 0.364. The molecule has 0 saturated carbocycles. The maximum absolute atomic E-state index is 12.3. The van der Waals surface area contributed by atoms with E-state index in [0.717, 1.165) is 25.9 Å². The van der Waals surface area contributed by atoms with Crippen molar-refractivity contribution in [1.29, 1.82) is 0 Å². The number of phenolic OH excluding ortho intramolecular Hbond substituents is 1. The van der Waals surface area contributed by atoms with Gasteiger partial charge in [0, 0.05) is 31.2 Å². The van der Waals surface area contributed by atoms with E-state index in [1.54, 1.807) is 18.2 Å². The Morgan fingerprint density at radius 3 is 2.52 bits per heavy atom. The minimum Gasteiger partial charge on any atom is -0.507 e. The van der Waals surface area contributed by atoms with Gasteiger partial charge < -0.3 is 25.2 Å². The minimum absolute atomic E-state index is 0.0337. The van der Waals surface area contributed by atoms with E-state index in [0.29, 0.717) is 17.7 Å². The van der Waals surface area contributed by atoms with E-state index in [9.17, 15) is 19.8 Å². The van der Waals surface area contributed by atoms with Gasteiger partial charge in [0.25, 0.3) is 5.91 Å². The first-order valence-corrected chi connectivity index (χ1v) is 9.65. The lowest BCUT2D eigenvalue weighted by molar-refractivity contribution is 0.0596. The van der Waals surface area contributed by atoms with Crippen molar-refractivity contribution >= 4 is 11.9 Å². The smallest absolute Gasteiger partial charge is 0.341 e. The van der Waals surface area contributed by atoms with Crippen LogP contribution in [0.5, 0.6) is 5.75 Å². The van der Waals surface area contributed by atoms with Crippen molar-refractivity contribution in [3.63, 3.8) is 0 Å². The molecular weight excluding hydrogens is 372 g/mol. The molecular formula is C22H26N2O5. The molecule has 1 saturated heterocycles. The summed E-state index contributed by atoms with van der Waals surface area (Å²) < 4.78 is 4.65. The lowest BCUT2D eigenvalue weighted by Gasteiger charge is -2.33. The number of esters is 1. The summed E-state index contributed by atoms with van der Waals surface area (Å²) in [6, 6.07) is 13.7. The lowest BCUT2D eigenvalue weighted by atomic mass is 10.0. The third kappa shape index (κ3) is 5.34. The van der Waals surface area contributed by atoms with Gasteiger partial charge in [0.15, 0.2) is 0 Å². The van der Waals surface area contributed by atoms with Gasteiger partial charge in [-0.1, -0.05) is 24.3 Å². The predicted octanol–water partition coefficient (Wildman–Crippen LogP) is 2.11. The maximum atomic E-state index is 12.3. The van der Waals surface area contributed by atoms with Crippen molar-refractivity contribution in [2.24, 2.45) is 0 Å². The van der Waals surface area contributed by atoms with Crippen LogP contribution < -0.4 is 5.32 Å². The third-order valence-electron chi connectivity index (χ3n) is 5.20. The number of amides is 1. The third-order valence-corrected chi connectivity index (χ3v) is 5.20. The first kappa shape index (κ1) is 20.8. The standard InChI is InChI=1S/C22H26N2O5/c1-29-22(28)18-13-16(7-8-19(18)25)20(26)14-24-11-9-17(10-12-24)23-21(27)15-5-3-2-4-6-15/h2-8,13,17,20,25-26H,9-12,14H2,1H3,(H,23,27). The number of carbonyl (C=O) groups excluding carboxylic acids is 2. The minimum atomic E-state index is -0.797. The number of methoxy groups -OCH3 is 1. The number of ether oxygens (including phenoxy) is 1. The number of nitrogens with one attached hydrogen (secondary N) is 1. The molecule has 1 fully saturated rings. The fourth-order valence-corrected chi connectivity index (χ4v) is 3.50. The number of benzene rings is 2. The quantitative estimate of drug-likeness (QED) is 0.645. The molecule has 0 spiro atoms. The molecule has 1 heterocycles. The molecule has 29 heavy (non-hydrogen) atoms. The van der Waals surface area contributed by atoms with Crippen LogP contribution in [0, 0.1) is 0 Å². The number of aliphatic hydroxyl groups excluding tert-OH is 1. The fourth-order valence-electron chi connectivity index (χ4n) is 3.50. The van der Waals surface area contributed by atoms with Crippen molar-refractivity contribution in [2.45, 2.75) is 25.0 Å². The Hall–Kier alpha value is -2.90. The van der Waals surface area contributed by atoms with Crippen molar-refractivity contribution in [3.05, 3.63) is 65.2 Å². The molecule has 1 unspecified atom stereocenters. The van der Waals surface area contributed by atoms with Gasteiger partial charge in [-0.05, 0) is 42.7 Å². The molecule has 1 amide bonds. The van der Waals surface area contributed by atoms with Crippen LogP contribution in [0.1, 0.15) is 45.2 Å². The van der Waals surface area contributed by atoms with Crippen LogP contribution in [0.4, 0.5) is 0 Å². The van der Waals surface area contributed by atoms with Gasteiger partial charge in [0.05, 0.1) is 13.2 Å². The van der Waals surface area contributed by atoms with E-state index in [4.69, 9.17) is 0 Å². The lowest BCUT2D eigenvalue weighted by Crippen LogP contribution is -2.45. The summed E-state index contributed by atoms with van der Waals surface area (Å²) in [6.45, 7) is 1.90. The molecule has 1 aliphatic rings. The monoisotopic (exact) mass is 398 g/mol. The summed E-state index contributed by atoms with van der Waals surface area (Å²) in [5.74, 6) is -0.891. The second kappa shape index (κ2) is 9.54. The van der Waals surface area contributed by atoms with E-state index >= 15 is 0 Å². The molecule has 1 atom stereocenters. The number of hydrogen-bond acceptors (Lipinski definition) is 6. The second-order valence-electron chi connectivity index (χ2n) is 7.20. The Kier molecular flexibility index (Phi) is 6.85. The highest BCUT2D eigenvalue weighted by atomic mass is 16.5. The van der Waals surface area contributed by atoms with Crippen LogP contribution in [0.25, 0.3) is 0 Å². The molecule has 154 valence electrons. The van der Waals surface area contributed by atoms with Crippen LogP contribution in [-0.2, 0) is 4.74 Å². The number of phenols is 1. The van der Waals surface area contributed by atoms with Crippen molar-refractivity contribution in [1.82, 2.24) is 10.2 Å². The number of β-amino-alcohol motifs (C(OH)–C–C–N with tert-alkyl or cyclic N) is 1. The average Bonchev–Trinajstić information content (AvgIpc) is 2.75. The Labute approximate surface area is 169 Å². The van der Waals surface area contributed by atoms with Gasteiger partial charge in [0.1, 0.15) is 11.3 Å². The zero-order valence-electron chi connectivity index (χ0n) is 16.4. The van der Waals surface area contributed by atoms with Gasteiger partial charge in [-0.25, -0.2) is 4.79 Å². The van der Waals surface area contributed by atoms with E-state index in [1.807, 2.05) is 18.2 Å². The van der Waals surface area contributed by atoms with E-state index in [1.165, 1.54) is 19.2 Å². The molecule has 0 radical (unpaired) electrons. The molecule has 7 nitrogen and oxygen atoms in total. The molecule has 7 heteroatoms. The predicted molar refractivity (Wildman–Crippen MR) is 108 cm³/mol. The van der Waals surface area contributed by atoms with Gasteiger partial charge in [-0.15, -0.1) is 0 Å². The molecule has 0 bridgehead atoms. The summed E-state index contributed by atoms with van der Waals surface area (Å²) in [5, 5.41) is 23.4. The Bertz CT molecular complexity index is 848. The number of piperidine rings is 1. The van der Waals surface area contributed by atoms with Crippen LogP contribution in [0.3, 0.4) is 0 Å². The van der Waals surface area contributed by atoms with Crippen molar-refractivity contribution in [3.8, 4) is 5.75 Å². The van der Waals surface area contributed by atoms with Crippen molar-refractivity contribution in [2.75, 3.05) is 26.7 Å². The van der Waals surface area contributed by atoms with Gasteiger partial charge in [-0.2, -0.15) is 0 Å². The Balaban J connectivity index is 1.51. The number of aromatic hydroxyl groups is 1. The van der Waals surface area contributed by atoms with E-state index in [-0.39, 0.29) is 23.3 Å². The normalized spacial score (nSPS) is 16.2. The van der Waals surface area contributed by atoms with E-state index in [2.05, 4.69) is 15.0 Å². The highest BCUT2D eigenvalue weighted by Crippen LogP contribution is 2.24. The maximum Gasteiger partial charge on any atom is 0.341 e. The Morgan fingerprint density at radius 2 is 1.86 bits per heavy atom. The number of carbonyl (C=O) groups is 2. The summed E-state index contributed by atoms with van der Waals surface area (Å²) in [6.07, 6.45) is 0.803. The van der Waals surface area contributed by atoms with Crippen LogP contribution >= 0.6 is 0 Å². The SMILES string of the molecule is COC(=O)c1cc(C(O)CN2CCC(NC(=O)c3ccccc3)CC2)ccc1O. The number of nitrogens with zero attached hydrogens (tertiary/aromatic N) is 1. The highest BCUT2D eigenvalue weighted by molar-refractivity contribution is 5.94. The summed E-state index contributed by atoms with van der Waals surface area (Å²) in [5.41, 5.74) is 1.23. The molecule has 2 aromatic rings. The summed E-state index contributed by atoms with van der Waals surface area (Å²) >= 11 is 0. The first-order chi connectivity index (χ1) is 14.0. The number of hydrogen-bond donors (Lipinski definition) is 3. The highest BCUT2D eigenvalue weighted by Gasteiger charge is 2.24. The Morgan fingerprint density at radius 1 is 1.17 bits per heavy atom. The van der Waals surface area contributed by atoms with Crippen molar-refractivity contribution < 1.29 is 24.5 Å². The molecule has 1 aliphatic heterocycles. The largest absolute Gasteiger partial charge is 0.507 e. The molecule has 3 N–H and O–H groups in total. The van der Waals surface area contributed by atoms with E-state index < -0.39 is 12.1 Å². The topological polar surface area (TPSA) is 99.1 Å². The van der Waals surface area contributed by atoms with Gasteiger partial charge >= 0.3 is 5.97 Å². The van der Waals surface area contributed by atoms with Gasteiger partial charge in [0.2, 0.25) is 0 Å². The van der Waals surface area contributed by atoms with Crippen LogP contribution in [0.15, 0.2) is 48.5 Å². The second-order valence-corrected chi connectivity index (χ2v) is 7.20.